The number of aliphatic carboxylic acids is 1. The Hall–Kier alpha value is -0.160. The summed E-state index contributed by atoms with van der Waals surface area (Å²) in [5, 5.41) is 8.04. The molecule has 0 aromatic carbocycles. The van der Waals surface area contributed by atoms with Crippen molar-refractivity contribution in [1.82, 2.24) is 0 Å². The van der Waals surface area contributed by atoms with Crippen molar-refractivity contribution in [3.05, 3.63) is 0 Å². The zero-order valence-corrected chi connectivity index (χ0v) is 8.00. The van der Waals surface area contributed by atoms with E-state index in [-0.39, 0.29) is 5.12 Å². The lowest BCUT2D eigenvalue weighted by Gasteiger charge is -2.05. The molecular formula is C6H10O3S2. The lowest BCUT2D eigenvalue weighted by Crippen LogP contribution is -2.19. The molecule has 1 unspecified atom stereocenters. The minimum atomic E-state index is -0.855. The van der Waals surface area contributed by atoms with Crippen molar-refractivity contribution in [1.29, 1.82) is 0 Å². The third-order valence-electron chi connectivity index (χ3n) is 0.998. The highest BCUT2D eigenvalue weighted by Gasteiger charge is 2.16. The molecular weight excluding hydrogens is 184 g/mol. The molecule has 0 amide bonds. The molecule has 0 radical (unpaired) electrons. The number of carboxylic acid groups (broad SMARTS) is 1. The van der Waals surface area contributed by atoms with Crippen LogP contribution in [0.3, 0.4) is 0 Å². The standard InChI is InChI=1S/C6H10O3S2/c1-4(7)11-3-5(10-2)6(8)9/h5H,3H2,1-2H3,(H,8,9). The number of carbonyl (C=O) groups excluding carboxylic acids is 1. The zero-order chi connectivity index (χ0) is 8.85. The number of carbonyl (C=O) groups is 2. The summed E-state index contributed by atoms with van der Waals surface area (Å²) in [4.78, 5) is 20.8. The third-order valence-corrected chi connectivity index (χ3v) is 3.05. The summed E-state index contributed by atoms with van der Waals surface area (Å²) in [5.74, 6) is -0.502. The van der Waals surface area contributed by atoms with Gasteiger partial charge >= 0.3 is 5.97 Å². The molecule has 0 aromatic heterocycles. The Morgan fingerprint density at radius 1 is 1.55 bits per heavy atom. The van der Waals surface area contributed by atoms with E-state index in [1.807, 2.05) is 0 Å². The van der Waals surface area contributed by atoms with E-state index in [1.165, 1.54) is 18.7 Å². The highest BCUT2D eigenvalue weighted by Crippen LogP contribution is 2.14. The maximum absolute atomic E-state index is 10.4. The van der Waals surface area contributed by atoms with Crippen molar-refractivity contribution in [3.63, 3.8) is 0 Å². The molecule has 0 aliphatic carbocycles. The molecule has 1 N–H and O–H groups in total. The van der Waals surface area contributed by atoms with E-state index < -0.39 is 11.2 Å². The van der Waals surface area contributed by atoms with E-state index in [0.29, 0.717) is 5.75 Å². The normalized spacial score (nSPS) is 12.5. The van der Waals surface area contributed by atoms with Crippen molar-refractivity contribution in [2.75, 3.05) is 12.0 Å². The molecule has 0 aliphatic heterocycles. The van der Waals surface area contributed by atoms with Gasteiger partial charge in [0, 0.05) is 12.7 Å². The molecule has 0 rings (SSSR count). The summed E-state index contributed by atoms with van der Waals surface area (Å²) < 4.78 is 0. The SMILES string of the molecule is CSC(CSC(C)=O)C(=O)O. The fourth-order valence-corrected chi connectivity index (χ4v) is 1.91. The second kappa shape index (κ2) is 5.49. The topological polar surface area (TPSA) is 54.4 Å². The lowest BCUT2D eigenvalue weighted by molar-refractivity contribution is -0.135. The number of thioether (sulfide) groups is 2. The first kappa shape index (κ1) is 10.8. The number of hydrogen-bond acceptors (Lipinski definition) is 4. The summed E-state index contributed by atoms with van der Waals surface area (Å²) in [5.41, 5.74) is 0. The molecule has 0 fully saturated rings. The zero-order valence-electron chi connectivity index (χ0n) is 6.36. The van der Waals surface area contributed by atoms with Crippen molar-refractivity contribution in [3.8, 4) is 0 Å². The number of hydrogen-bond donors (Lipinski definition) is 1. The van der Waals surface area contributed by atoms with Crippen LogP contribution in [0.2, 0.25) is 0 Å². The highest BCUT2D eigenvalue weighted by atomic mass is 32.2. The van der Waals surface area contributed by atoms with Crippen LogP contribution in [0.15, 0.2) is 0 Å². The minimum absolute atomic E-state index is 0.0368. The van der Waals surface area contributed by atoms with Crippen LogP contribution >= 0.6 is 23.5 Å². The molecule has 0 heterocycles. The number of rotatable bonds is 4. The van der Waals surface area contributed by atoms with E-state index >= 15 is 0 Å². The van der Waals surface area contributed by atoms with E-state index in [2.05, 4.69) is 0 Å². The second-order valence-corrected chi connectivity index (χ2v) is 4.10. The minimum Gasteiger partial charge on any atom is -0.480 e. The first-order valence-electron chi connectivity index (χ1n) is 2.97. The molecule has 0 bridgehead atoms. The first-order chi connectivity index (χ1) is 5.07. The van der Waals surface area contributed by atoms with Crippen LogP contribution in [0.1, 0.15) is 6.92 Å². The molecule has 64 valence electrons. The van der Waals surface area contributed by atoms with Gasteiger partial charge in [0.05, 0.1) is 0 Å². The summed E-state index contributed by atoms with van der Waals surface area (Å²) in [6.45, 7) is 1.43. The molecule has 0 saturated heterocycles. The van der Waals surface area contributed by atoms with Gasteiger partial charge < -0.3 is 5.11 Å². The average molecular weight is 194 g/mol. The Morgan fingerprint density at radius 2 is 2.09 bits per heavy atom. The van der Waals surface area contributed by atoms with Gasteiger partial charge in [-0.1, -0.05) is 11.8 Å². The second-order valence-electron chi connectivity index (χ2n) is 1.87. The van der Waals surface area contributed by atoms with E-state index in [1.54, 1.807) is 6.26 Å². The van der Waals surface area contributed by atoms with Crippen LogP contribution in [-0.4, -0.2) is 33.4 Å². The maximum Gasteiger partial charge on any atom is 0.317 e. The van der Waals surface area contributed by atoms with E-state index in [0.717, 1.165) is 11.8 Å². The Labute approximate surface area is 73.9 Å². The predicted molar refractivity (Wildman–Crippen MR) is 48.1 cm³/mol. The fraction of sp³-hybridized carbons (Fsp3) is 0.667. The van der Waals surface area contributed by atoms with Crippen LogP contribution in [-0.2, 0) is 9.59 Å². The van der Waals surface area contributed by atoms with Crippen molar-refractivity contribution >= 4 is 34.6 Å². The lowest BCUT2D eigenvalue weighted by atomic mass is 10.5. The molecule has 5 heteroatoms. The van der Waals surface area contributed by atoms with Gasteiger partial charge in [0.2, 0.25) is 0 Å². The monoisotopic (exact) mass is 194 g/mol. The fourth-order valence-electron chi connectivity index (χ4n) is 0.433. The van der Waals surface area contributed by atoms with Gasteiger partial charge in [-0.05, 0) is 6.26 Å². The van der Waals surface area contributed by atoms with Crippen molar-refractivity contribution < 1.29 is 14.7 Å². The molecule has 1 atom stereocenters. The quantitative estimate of drug-likeness (QED) is 0.725. The van der Waals surface area contributed by atoms with E-state index in [9.17, 15) is 9.59 Å². The predicted octanol–water partition coefficient (Wildman–Crippen LogP) is 1.08. The smallest absolute Gasteiger partial charge is 0.317 e. The summed E-state index contributed by atoms with van der Waals surface area (Å²) in [7, 11) is 0. The van der Waals surface area contributed by atoms with Gasteiger partial charge in [0.25, 0.3) is 0 Å². The van der Waals surface area contributed by atoms with Gasteiger partial charge in [-0.25, -0.2) is 0 Å². The van der Waals surface area contributed by atoms with Gasteiger partial charge in [-0.3, -0.25) is 9.59 Å². The maximum atomic E-state index is 10.4. The molecule has 11 heavy (non-hydrogen) atoms. The van der Waals surface area contributed by atoms with Crippen LogP contribution < -0.4 is 0 Å². The summed E-state index contributed by atoms with van der Waals surface area (Å²) in [6, 6.07) is 0. The molecule has 0 aromatic rings. The highest BCUT2D eigenvalue weighted by molar-refractivity contribution is 8.14. The van der Waals surface area contributed by atoms with E-state index in [4.69, 9.17) is 5.11 Å². The van der Waals surface area contributed by atoms with Crippen LogP contribution in [0, 0.1) is 0 Å². The molecule has 3 nitrogen and oxygen atoms in total. The molecule has 0 saturated carbocycles. The van der Waals surface area contributed by atoms with Gasteiger partial charge in [0.15, 0.2) is 5.12 Å². The van der Waals surface area contributed by atoms with Gasteiger partial charge in [-0.2, -0.15) is 0 Å². The van der Waals surface area contributed by atoms with Crippen molar-refractivity contribution in [2.45, 2.75) is 12.2 Å². The Kier molecular flexibility index (Phi) is 5.41. The average Bonchev–Trinajstić information content (AvgIpc) is 1.87. The van der Waals surface area contributed by atoms with Crippen molar-refractivity contribution in [2.24, 2.45) is 0 Å². The Morgan fingerprint density at radius 3 is 2.36 bits per heavy atom. The van der Waals surface area contributed by atoms with Crippen LogP contribution in [0.25, 0.3) is 0 Å². The summed E-state index contributed by atoms with van der Waals surface area (Å²) in [6.07, 6.45) is 1.72. The van der Waals surface area contributed by atoms with Gasteiger partial charge in [0.1, 0.15) is 5.25 Å². The first-order valence-corrected chi connectivity index (χ1v) is 5.24. The summed E-state index contributed by atoms with van der Waals surface area (Å²) >= 11 is 2.30. The Bertz CT molecular complexity index is 158. The van der Waals surface area contributed by atoms with Crippen LogP contribution in [0.4, 0.5) is 0 Å². The van der Waals surface area contributed by atoms with Gasteiger partial charge in [-0.15, -0.1) is 11.8 Å². The number of carboxylic acids is 1. The third kappa shape index (κ3) is 5.15. The molecule has 0 aliphatic rings. The Balaban J connectivity index is 3.70. The van der Waals surface area contributed by atoms with Crippen LogP contribution in [0.5, 0.6) is 0 Å². The largest absolute Gasteiger partial charge is 0.480 e. The molecule has 0 spiro atoms.